The van der Waals surface area contributed by atoms with Gasteiger partial charge in [0.15, 0.2) is 0 Å². The Hall–Kier alpha value is -1.74. The van der Waals surface area contributed by atoms with Crippen molar-refractivity contribution in [2.45, 2.75) is 0 Å². The molecule has 2 N–H and O–H groups in total. The number of carbonyl (C=O) groups is 1. The molecule has 7 nitrogen and oxygen atoms in total. The molecule has 0 radical (unpaired) electrons. The first kappa shape index (κ1) is 14.7. The summed E-state index contributed by atoms with van der Waals surface area (Å²) < 4.78 is 22.2. The fourth-order valence-electron chi connectivity index (χ4n) is 1.58. The molecular formula is C11H14N4O3S2. The van der Waals surface area contributed by atoms with Crippen molar-refractivity contribution in [1.82, 2.24) is 14.9 Å². The maximum Gasteiger partial charge on any atom is 0.265 e. The number of hydrogen-bond acceptors (Lipinski definition) is 7. The molecule has 2 rings (SSSR count). The average Bonchev–Trinajstić information content (AvgIpc) is 2.72. The highest BCUT2D eigenvalue weighted by atomic mass is 32.2. The van der Waals surface area contributed by atoms with Crippen molar-refractivity contribution >= 4 is 43.1 Å². The summed E-state index contributed by atoms with van der Waals surface area (Å²) in [5.41, 5.74) is 6.69. The van der Waals surface area contributed by atoms with Crippen LogP contribution in [0.2, 0.25) is 0 Å². The van der Waals surface area contributed by atoms with Gasteiger partial charge in [-0.2, -0.15) is 0 Å². The van der Waals surface area contributed by atoms with E-state index in [0.717, 1.165) is 17.6 Å². The van der Waals surface area contributed by atoms with Crippen molar-refractivity contribution in [3.8, 4) is 0 Å². The number of rotatable bonds is 4. The molecule has 0 aromatic carbocycles. The summed E-state index contributed by atoms with van der Waals surface area (Å²) in [6, 6.07) is 0. The lowest BCUT2D eigenvalue weighted by Gasteiger charge is -2.15. The van der Waals surface area contributed by atoms with E-state index in [1.165, 1.54) is 24.3 Å². The van der Waals surface area contributed by atoms with Crippen LogP contribution in [0.15, 0.2) is 12.4 Å². The number of anilines is 1. The van der Waals surface area contributed by atoms with Crippen LogP contribution in [-0.2, 0) is 9.84 Å². The monoisotopic (exact) mass is 314 g/mol. The molecule has 0 aliphatic carbocycles. The van der Waals surface area contributed by atoms with Gasteiger partial charge in [-0.3, -0.25) is 4.79 Å². The summed E-state index contributed by atoms with van der Waals surface area (Å²) in [5.74, 6) is -0.410. The molecule has 9 heteroatoms. The minimum Gasteiger partial charge on any atom is -0.396 e. The number of sulfone groups is 1. The lowest BCUT2D eigenvalue weighted by molar-refractivity contribution is 0.0809. The molecule has 2 heterocycles. The van der Waals surface area contributed by atoms with Gasteiger partial charge in [0, 0.05) is 32.2 Å². The maximum atomic E-state index is 12.3. The van der Waals surface area contributed by atoms with Crippen molar-refractivity contribution in [2.24, 2.45) is 0 Å². The highest BCUT2D eigenvalue weighted by Crippen LogP contribution is 2.31. The molecule has 0 spiro atoms. The molecule has 0 unspecified atom stereocenters. The van der Waals surface area contributed by atoms with Crippen LogP contribution < -0.4 is 5.73 Å². The third kappa shape index (κ3) is 3.05. The Bertz CT molecular complexity index is 754. The van der Waals surface area contributed by atoms with Crippen LogP contribution in [0.25, 0.3) is 10.3 Å². The number of aromatic nitrogens is 2. The Morgan fingerprint density at radius 1 is 1.40 bits per heavy atom. The van der Waals surface area contributed by atoms with E-state index < -0.39 is 9.84 Å². The van der Waals surface area contributed by atoms with Crippen LogP contribution in [0.5, 0.6) is 0 Å². The SMILES string of the molecule is CN(CCS(C)(=O)=O)C(=O)c1sc2nccnc2c1N. The molecule has 0 aliphatic rings. The lowest BCUT2D eigenvalue weighted by atomic mass is 10.3. The topological polar surface area (TPSA) is 106 Å². The normalized spacial score (nSPS) is 11.7. The van der Waals surface area contributed by atoms with Crippen molar-refractivity contribution in [3.63, 3.8) is 0 Å². The predicted octanol–water partition coefficient (Wildman–Crippen LogP) is 0.390. The Labute approximate surface area is 120 Å². The molecule has 108 valence electrons. The van der Waals surface area contributed by atoms with E-state index in [4.69, 9.17) is 5.73 Å². The van der Waals surface area contributed by atoms with Crippen LogP contribution in [-0.4, -0.2) is 54.8 Å². The van der Waals surface area contributed by atoms with E-state index in [2.05, 4.69) is 9.97 Å². The van der Waals surface area contributed by atoms with Crippen LogP contribution in [0, 0.1) is 0 Å². The molecule has 0 saturated heterocycles. The molecule has 2 aromatic rings. The second kappa shape index (κ2) is 5.33. The molecule has 0 atom stereocenters. The minimum atomic E-state index is -3.12. The zero-order chi connectivity index (χ0) is 14.9. The van der Waals surface area contributed by atoms with Crippen molar-refractivity contribution in [1.29, 1.82) is 0 Å². The number of nitrogen functional groups attached to an aromatic ring is 1. The Kier molecular flexibility index (Phi) is 3.91. The quantitative estimate of drug-likeness (QED) is 0.875. The van der Waals surface area contributed by atoms with Gasteiger partial charge in [0.2, 0.25) is 0 Å². The number of hydrogen-bond donors (Lipinski definition) is 1. The largest absolute Gasteiger partial charge is 0.396 e. The minimum absolute atomic E-state index is 0.0868. The number of carbonyl (C=O) groups excluding carboxylic acids is 1. The Morgan fingerprint density at radius 3 is 2.65 bits per heavy atom. The zero-order valence-corrected chi connectivity index (χ0v) is 12.7. The fraction of sp³-hybridized carbons (Fsp3) is 0.364. The van der Waals surface area contributed by atoms with Crippen molar-refractivity contribution < 1.29 is 13.2 Å². The van der Waals surface area contributed by atoms with Gasteiger partial charge in [0.1, 0.15) is 25.1 Å². The van der Waals surface area contributed by atoms with Gasteiger partial charge in [-0.1, -0.05) is 0 Å². The number of nitrogens with zero attached hydrogens (tertiary/aromatic N) is 3. The van der Waals surface area contributed by atoms with Crippen LogP contribution in [0.1, 0.15) is 9.67 Å². The molecule has 0 saturated carbocycles. The van der Waals surface area contributed by atoms with Crippen LogP contribution in [0.4, 0.5) is 5.69 Å². The molecule has 20 heavy (non-hydrogen) atoms. The highest BCUT2D eigenvalue weighted by molar-refractivity contribution is 7.90. The zero-order valence-electron chi connectivity index (χ0n) is 11.0. The lowest BCUT2D eigenvalue weighted by Crippen LogP contribution is -2.31. The summed E-state index contributed by atoms with van der Waals surface area (Å²) in [6.07, 6.45) is 4.17. The summed E-state index contributed by atoms with van der Waals surface area (Å²) in [4.78, 5) is 22.7. The van der Waals surface area contributed by atoms with E-state index in [1.807, 2.05) is 0 Å². The standard InChI is InChI=1S/C11H14N4O3S2/c1-15(5-6-20(2,17)18)11(16)9-7(12)8-10(19-9)14-4-3-13-8/h3-4H,5-6,12H2,1-2H3. The molecular weight excluding hydrogens is 300 g/mol. The second-order valence-corrected chi connectivity index (χ2v) is 7.67. The van der Waals surface area contributed by atoms with E-state index in [9.17, 15) is 13.2 Å². The maximum absolute atomic E-state index is 12.3. The molecule has 0 fully saturated rings. The fourth-order valence-corrected chi connectivity index (χ4v) is 3.20. The smallest absolute Gasteiger partial charge is 0.265 e. The third-order valence-electron chi connectivity index (χ3n) is 2.70. The second-order valence-electron chi connectivity index (χ2n) is 4.41. The van der Waals surface area contributed by atoms with Gasteiger partial charge in [-0.15, -0.1) is 11.3 Å². The molecule has 0 bridgehead atoms. The Morgan fingerprint density at radius 2 is 2.05 bits per heavy atom. The van der Waals surface area contributed by atoms with Gasteiger partial charge < -0.3 is 10.6 Å². The average molecular weight is 314 g/mol. The van der Waals surface area contributed by atoms with E-state index >= 15 is 0 Å². The summed E-state index contributed by atoms with van der Waals surface area (Å²) in [7, 11) is -1.58. The van der Waals surface area contributed by atoms with E-state index in [-0.39, 0.29) is 23.9 Å². The number of fused-ring (bicyclic) bond motifs is 1. The van der Waals surface area contributed by atoms with Crippen molar-refractivity contribution in [2.75, 3.05) is 31.3 Å². The first-order valence-electron chi connectivity index (χ1n) is 5.72. The van der Waals surface area contributed by atoms with Gasteiger partial charge in [0.05, 0.1) is 11.4 Å². The molecule has 1 amide bonds. The summed E-state index contributed by atoms with van der Waals surface area (Å²) in [6.45, 7) is 0.117. The van der Waals surface area contributed by atoms with Gasteiger partial charge >= 0.3 is 0 Å². The molecule has 0 aliphatic heterocycles. The van der Waals surface area contributed by atoms with E-state index in [0.29, 0.717) is 15.2 Å². The number of nitrogens with two attached hydrogens (primary N) is 1. The third-order valence-corrected chi connectivity index (χ3v) is 4.72. The number of amides is 1. The first-order chi connectivity index (χ1) is 9.29. The first-order valence-corrected chi connectivity index (χ1v) is 8.59. The van der Waals surface area contributed by atoms with Gasteiger partial charge in [-0.25, -0.2) is 18.4 Å². The summed E-state index contributed by atoms with van der Waals surface area (Å²) >= 11 is 1.15. The van der Waals surface area contributed by atoms with Gasteiger partial charge in [0.25, 0.3) is 5.91 Å². The predicted molar refractivity (Wildman–Crippen MR) is 78.5 cm³/mol. The van der Waals surface area contributed by atoms with Crippen molar-refractivity contribution in [3.05, 3.63) is 17.3 Å². The highest BCUT2D eigenvalue weighted by Gasteiger charge is 2.21. The van der Waals surface area contributed by atoms with Gasteiger partial charge in [-0.05, 0) is 0 Å². The number of thiophene rings is 1. The summed E-state index contributed by atoms with van der Waals surface area (Å²) in [5, 5.41) is 0. The van der Waals surface area contributed by atoms with E-state index in [1.54, 1.807) is 0 Å². The van der Waals surface area contributed by atoms with Crippen LogP contribution in [0.3, 0.4) is 0 Å². The van der Waals surface area contributed by atoms with Crippen LogP contribution >= 0.6 is 11.3 Å². The Balaban J connectivity index is 2.25. The molecule has 2 aromatic heterocycles.